The fourth-order valence-corrected chi connectivity index (χ4v) is 3.26. The minimum Gasteiger partial charge on any atom is -0.503 e. The van der Waals surface area contributed by atoms with Crippen molar-refractivity contribution in [3.8, 4) is 11.5 Å². The van der Waals surface area contributed by atoms with Gasteiger partial charge in [0.2, 0.25) is 0 Å². The number of benzene rings is 2. The van der Waals surface area contributed by atoms with Crippen molar-refractivity contribution >= 4 is 23.6 Å². The van der Waals surface area contributed by atoms with Gasteiger partial charge in [0, 0.05) is 5.70 Å². The van der Waals surface area contributed by atoms with Crippen LogP contribution in [0.5, 0.6) is 11.5 Å². The number of phenols is 1. The molecule has 0 bridgehead atoms. The molecule has 2 amide bonds. The first kappa shape index (κ1) is 20.5. The molecule has 1 aliphatic rings. The summed E-state index contributed by atoms with van der Waals surface area (Å²) in [6.07, 6.45) is 0. The van der Waals surface area contributed by atoms with Gasteiger partial charge < -0.3 is 25.2 Å². The molecule has 1 atom stereocenters. The number of carbonyl (C=O) groups excluding carboxylic acids is 2. The normalized spacial score (nSPS) is 16.1. The molecule has 29 heavy (non-hydrogen) atoms. The summed E-state index contributed by atoms with van der Waals surface area (Å²) in [5.74, 6) is -0.616. The first-order valence-electron chi connectivity index (χ1n) is 9.05. The number of carbonyl (C=O) groups is 2. The molecule has 3 rings (SSSR count). The summed E-state index contributed by atoms with van der Waals surface area (Å²) in [5.41, 5.74) is 1.94. The first-order valence-corrected chi connectivity index (χ1v) is 9.43. The standard InChI is InChI=1S/C21H21ClN2O5/c1-3-28-16-10-14(9-15(22)19(16)25)18-17(12(2)23-21(27)24-18)20(26)29-11-13-7-5-4-6-8-13/h4-10,18,25H,3,11H2,1-2H3,(H2,23,24,27). The van der Waals surface area contributed by atoms with Crippen LogP contribution in [-0.2, 0) is 16.1 Å². The molecule has 0 spiro atoms. The zero-order valence-corrected chi connectivity index (χ0v) is 16.7. The van der Waals surface area contributed by atoms with E-state index in [0.29, 0.717) is 17.9 Å². The van der Waals surface area contributed by atoms with Crippen LogP contribution in [0.25, 0.3) is 0 Å². The van der Waals surface area contributed by atoms with E-state index in [0.717, 1.165) is 5.56 Å². The molecular formula is C21H21ClN2O5. The second-order valence-electron chi connectivity index (χ2n) is 6.41. The number of amides is 2. The number of hydrogen-bond donors (Lipinski definition) is 3. The number of allylic oxidation sites excluding steroid dienone is 1. The molecule has 8 heteroatoms. The average Bonchev–Trinajstić information content (AvgIpc) is 2.70. The number of hydrogen-bond acceptors (Lipinski definition) is 5. The number of ether oxygens (including phenoxy) is 2. The van der Waals surface area contributed by atoms with E-state index in [-0.39, 0.29) is 28.7 Å². The molecule has 0 aromatic heterocycles. The lowest BCUT2D eigenvalue weighted by Crippen LogP contribution is -2.45. The highest BCUT2D eigenvalue weighted by molar-refractivity contribution is 6.32. The van der Waals surface area contributed by atoms with Crippen LogP contribution in [0.1, 0.15) is 31.0 Å². The monoisotopic (exact) mass is 416 g/mol. The van der Waals surface area contributed by atoms with Crippen molar-refractivity contribution in [2.24, 2.45) is 0 Å². The van der Waals surface area contributed by atoms with E-state index in [1.807, 2.05) is 30.3 Å². The van der Waals surface area contributed by atoms with Crippen LogP contribution in [0, 0.1) is 0 Å². The number of urea groups is 1. The highest BCUT2D eigenvalue weighted by Gasteiger charge is 2.33. The Kier molecular flexibility index (Phi) is 6.29. The molecule has 0 saturated heterocycles. The molecule has 152 valence electrons. The zero-order valence-electron chi connectivity index (χ0n) is 16.0. The molecule has 2 aromatic rings. The third-order valence-corrected chi connectivity index (χ3v) is 4.67. The number of halogens is 1. The average molecular weight is 417 g/mol. The maximum Gasteiger partial charge on any atom is 0.338 e. The van der Waals surface area contributed by atoms with Crippen molar-refractivity contribution < 1.29 is 24.2 Å². The summed E-state index contributed by atoms with van der Waals surface area (Å²) in [6, 6.07) is 11.0. The second kappa shape index (κ2) is 8.87. The third-order valence-electron chi connectivity index (χ3n) is 4.39. The van der Waals surface area contributed by atoms with Crippen LogP contribution in [0.15, 0.2) is 53.7 Å². The predicted octanol–water partition coefficient (Wildman–Crippen LogP) is 3.82. The molecule has 7 nitrogen and oxygen atoms in total. The van der Waals surface area contributed by atoms with Crippen LogP contribution >= 0.6 is 11.6 Å². The van der Waals surface area contributed by atoms with Crippen molar-refractivity contribution in [2.75, 3.05) is 6.61 Å². The maximum atomic E-state index is 12.8. The number of nitrogens with one attached hydrogen (secondary N) is 2. The molecule has 1 heterocycles. The Morgan fingerprint density at radius 3 is 2.66 bits per heavy atom. The summed E-state index contributed by atoms with van der Waals surface area (Å²) >= 11 is 6.12. The van der Waals surface area contributed by atoms with Gasteiger partial charge in [0.25, 0.3) is 0 Å². The van der Waals surface area contributed by atoms with Crippen molar-refractivity contribution in [1.82, 2.24) is 10.6 Å². The van der Waals surface area contributed by atoms with Gasteiger partial charge in [-0.3, -0.25) is 0 Å². The topological polar surface area (TPSA) is 96.9 Å². The molecule has 0 radical (unpaired) electrons. The summed E-state index contributed by atoms with van der Waals surface area (Å²) < 4.78 is 10.9. The molecule has 1 aliphatic heterocycles. The Hall–Kier alpha value is -3.19. The van der Waals surface area contributed by atoms with E-state index in [9.17, 15) is 14.7 Å². The van der Waals surface area contributed by atoms with E-state index in [4.69, 9.17) is 21.1 Å². The molecule has 1 unspecified atom stereocenters. The van der Waals surface area contributed by atoms with Crippen molar-refractivity contribution in [2.45, 2.75) is 26.5 Å². The Morgan fingerprint density at radius 2 is 1.97 bits per heavy atom. The van der Waals surface area contributed by atoms with E-state index in [1.165, 1.54) is 6.07 Å². The largest absolute Gasteiger partial charge is 0.503 e. The third kappa shape index (κ3) is 4.63. The van der Waals surface area contributed by atoms with Crippen molar-refractivity contribution in [1.29, 1.82) is 0 Å². The fourth-order valence-electron chi connectivity index (χ4n) is 3.04. The van der Waals surface area contributed by atoms with Crippen LogP contribution in [0.4, 0.5) is 4.79 Å². The van der Waals surface area contributed by atoms with Gasteiger partial charge in [-0.2, -0.15) is 0 Å². The summed E-state index contributed by atoms with van der Waals surface area (Å²) in [6.45, 7) is 3.80. The molecule has 0 fully saturated rings. The van der Waals surface area contributed by atoms with Gasteiger partial charge in [-0.1, -0.05) is 41.9 Å². The SMILES string of the molecule is CCOc1cc(C2NC(=O)NC(C)=C2C(=O)OCc2ccccc2)cc(Cl)c1O. The lowest BCUT2D eigenvalue weighted by molar-refractivity contribution is -0.140. The summed E-state index contributed by atoms with van der Waals surface area (Å²) in [7, 11) is 0. The Bertz CT molecular complexity index is 959. The number of phenolic OH excluding ortho intramolecular Hbond substituents is 1. The lowest BCUT2D eigenvalue weighted by atomic mass is 9.95. The quantitative estimate of drug-likeness (QED) is 0.622. The van der Waals surface area contributed by atoms with Gasteiger partial charge in [-0.25, -0.2) is 9.59 Å². The number of aromatic hydroxyl groups is 1. The van der Waals surface area contributed by atoms with Crippen LogP contribution in [0.2, 0.25) is 5.02 Å². The van der Waals surface area contributed by atoms with Crippen LogP contribution in [-0.4, -0.2) is 23.7 Å². The highest BCUT2D eigenvalue weighted by Crippen LogP contribution is 2.39. The zero-order chi connectivity index (χ0) is 21.0. The van der Waals surface area contributed by atoms with E-state index < -0.39 is 18.0 Å². The minimum absolute atomic E-state index is 0.0494. The van der Waals surface area contributed by atoms with Crippen LogP contribution < -0.4 is 15.4 Å². The molecule has 3 N–H and O–H groups in total. The lowest BCUT2D eigenvalue weighted by Gasteiger charge is -2.28. The Balaban J connectivity index is 1.93. The number of esters is 1. The maximum absolute atomic E-state index is 12.8. The van der Waals surface area contributed by atoms with Gasteiger partial charge in [-0.15, -0.1) is 0 Å². The highest BCUT2D eigenvalue weighted by atomic mass is 35.5. The first-order chi connectivity index (χ1) is 13.9. The van der Waals surface area contributed by atoms with Gasteiger partial charge in [-0.05, 0) is 37.1 Å². The molecule has 0 saturated carbocycles. The van der Waals surface area contributed by atoms with E-state index >= 15 is 0 Å². The smallest absolute Gasteiger partial charge is 0.338 e. The van der Waals surface area contributed by atoms with Gasteiger partial charge >= 0.3 is 12.0 Å². The Morgan fingerprint density at radius 1 is 1.24 bits per heavy atom. The minimum atomic E-state index is -0.815. The van der Waals surface area contributed by atoms with Crippen molar-refractivity contribution in [3.63, 3.8) is 0 Å². The van der Waals surface area contributed by atoms with Gasteiger partial charge in [0.1, 0.15) is 6.61 Å². The second-order valence-corrected chi connectivity index (χ2v) is 6.82. The summed E-state index contributed by atoms with van der Waals surface area (Å²) in [4.78, 5) is 24.9. The fraction of sp³-hybridized carbons (Fsp3) is 0.238. The summed E-state index contributed by atoms with van der Waals surface area (Å²) in [5, 5.41) is 15.4. The number of rotatable bonds is 6. The Labute approximate surface area is 173 Å². The van der Waals surface area contributed by atoms with Crippen LogP contribution in [0.3, 0.4) is 0 Å². The molecule has 2 aromatic carbocycles. The molecule has 0 aliphatic carbocycles. The van der Waals surface area contributed by atoms with Gasteiger partial charge in [0.15, 0.2) is 11.5 Å². The van der Waals surface area contributed by atoms with Crippen molar-refractivity contribution in [3.05, 3.63) is 69.9 Å². The molecular weight excluding hydrogens is 396 g/mol. The van der Waals surface area contributed by atoms with E-state index in [2.05, 4.69) is 10.6 Å². The van der Waals surface area contributed by atoms with Gasteiger partial charge in [0.05, 0.1) is 23.2 Å². The van der Waals surface area contributed by atoms with E-state index in [1.54, 1.807) is 19.9 Å². The predicted molar refractivity (Wildman–Crippen MR) is 108 cm³/mol.